The number of nitrogens with two attached hydrogens (primary N) is 1. The molecule has 1 aromatic rings. The van der Waals surface area contributed by atoms with Gasteiger partial charge < -0.3 is 15.2 Å². The molecule has 0 spiro atoms. The predicted molar refractivity (Wildman–Crippen MR) is 59.2 cm³/mol. The van der Waals surface area contributed by atoms with Gasteiger partial charge in [-0.05, 0) is 19.9 Å². The van der Waals surface area contributed by atoms with E-state index in [0.29, 0.717) is 0 Å². The number of hydrogen-bond acceptors (Lipinski definition) is 3. The highest BCUT2D eigenvalue weighted by molar-refractivity contribution is 5.44. The standard InChI is InChI=1S/C12H17NO2/c1-12(2)7-10(13)9-5-4-8(14-3)6-11(9)15-12/h4-6,10H,7,13H2,1-3H3. The molecule has 1 atom stereocenters. The summed E-state index contributed by atoms with van der Waals surface area (Å²) in [4.78, 5) is 0. The van der Waals surface area contributed by atoms with Gasteiger partial charge in [0.25, 0.3) is 0 Å². The molecule has 1 aromatic carbocycles. The Morgan fingerprint density at radius 3 is 2.87 bits per heavy atom. The third-order valence-corrected chi connectivity index (χ3v) is 2.72. The molecule has 0 radical (unpaired) electrons. The van der Waals surface area contributed by atoms with Crippen LogP contribution >= 0.6 is 0 Å². The van der Waals surface area contributed by atoms with Crippen LogP contribution in [0.3, 0.4) is 0 Å². The zero-order valence-electron chi connectivity index (χ0n) is 9.41. The van der Waals surface area contributed by atoms with Crippen LogP contribution in [0.4, 0.5) is 0 Å². The Morgan fingerprint density at radius 2 is 2.20 bits per heavy atom. The fourth-order valence-electron chi connectivity index (χ4n) is 2.02. The van der Waals surface area contributed by atoms with Crippen LogP contribution in [0.15, 0.2) is 18.2 Å². The first-order valence-corrected chi connectivity index (χ1v) is 5.14. The van der Waals surface area contributed by atoms with Gasteiger partial charge in [0.15, 0.2) is 0 Å². The maximum Gasteiger partial charge on any atom is 0.128 e. The minimum absolute atomic E-state index is 0.0506. The molecule has 3 heteroatoms. The van der Waals surface area contributed by atoms with Gasteiger partial charge in [0, 0.05) is 24.1 Å². The fourth-order valence-corrected chi connectivity index (χ4v) is 2.02. The van der Waals surface area contributed by atoms with Crippen LogP contribution in [0.2, 0.25) is 0 Å². The van der Waals surface area contributed by atoms with Crippen molar-refractivity contribution in [2.75, 3.05) is 7.11 Å². The Bertz CT molecular complexity index is 374. The highest BCUT2D eigenvalue weighted by atomic mass is 16.5. The lowest BCUT2D eigenvalue weighted by molar-refractivity contribution is 0.0725. The topological polar surface area (TPSA) is 44.5 Å². The summed E-state index contributed by atoms with van der Waals surface area (Å²) in [5.74, 6) is 1.65. The molecule has 3 nitrogen and oxygen atoms in total. The Hall–Kier alpha value is -1.22. The smallest absolute Gasteiger partial charge is 0.128 e. The van der Waals surface area contributed by atoms with Crippen molar-refractivity contribution in [1.29, 1.82) is 0 Å². The fraction of sp³-hybridized carbons (Fsp3) is 0.500. The van der Waals surface area contributed by atoms with E-state index in [9.17, 15) is 0 Å². The summed E-state index contributed by atoms with van der Waals surface area (Å²) < 4.78 is 11.0. The lowest BCUT2D eigenvalue weighted by Gasteiger charge is -2.36. The van der Waals surface area contributed by atoms with E-state index in [0.717, 1.165) is 23.5 Å². The molecule has 0 bridgehead atoms. The summed E-state index contributed by atoms with van der Waals surface area (Å²) in [5.41, 5.74) is 6.96. The van der Waals surface area contributed by atoms with Crippen LogP contribution in [0.25, 0.3) is 0 Å². The Kier molecular flexibility index (Phi) is 2.35. The molecular weight excluding hydrogens is 190 g/mol. The molecule has 1 aliphatic heterocycles. The lowest BCUT2D eigenvalue weighted by atomic mass is 9.90. The quantitative estimate of drug-likeness (QED) is 0.768. The van der Waals surface area contributed by atoms with E-state index in [4.69, 9.17) is 15.2 Å². The molecule has 0 saturated carbocycles. The molecule has 1 unspecified atom stereocenters. The molecule has 82 valence electrons. The minimum Gasteiger partial charge on any atom is -0.497 e. The van der Waals surface area contributed by atoms with Crippen LogP contribution in [0, 0.1) is 0 Å². The summed E-state index contributed by atoms with van der Waals surface area (Å²) in [5, 5.41) is 0. The van der Waals surface area contributed by atoms with Crippen LogP contribution < -0.4 is 15.2 Å². The molecule has 1 heterocycles. The van der Waals surface area contributed by atoms with E-state index in [1.165, 1.54) is 0 Å². The normalized spacial score (nSPS) is 22.8. The molecule has 15 heavy (non-hydrogen) atoms. The van der Waals surface area contributed by atoms with Crippen molar-refractivity contribution in [1.82, 2.24) is 0 Å². The van der Waals surface area contributed by atoms with E-state index in [1.54, 1.807) is 7.11 Å². The van der Waals surface area contributed by atoms with Gasteiger partial charge >= 0.3 is 0 Å². The number of hydrogen-bond donors (Lipinski definition) is 1. The molecule has 1 aliphatic rings. The number of methoxy groups -OCH3 is 1. The van der Waals surface area contributed by atoms with Gasteiger partial charge in [-0.25, -0.2) is 0 Å². The number of fused-ring (bicyclic) bond motifs is 1. The van der Waals surface area contributed by atoms with Crippen molar-refractivity contribution in [3.8, 4) is 11.5 Å². The second-order valence-electron chi connectivity index (χ2n) is 4.58. The summed E-state index contributed by atoms with van der Waals surface area (Å²) in [6.45, 7) is 4.10. The SMILES string of the molecule is COc1ccc2c(c1)OC(C)(C)CC2N. The maximum absolute atomic E-state index is 6.09. The van der Waals surface area contributed by atoms with Crippen molar-refractivity contribution in [2.45, 2.75) is 31.9 Å². The first-order valence-electron chi connectivity index (χ1n) is 5.14. The van der Waals surface area contributed by atoms with Crippen LogP contribution in [0.5, 0.6) is 11.5 Å². The summed E-state index contributed by atoms with van der Waals surface area (Å²) in [6.07, 6.45) is 0.840. The Balaban J connectivity index is 2.42. The maximum atomic E-state index is 6.09. The number of rotatable bonds is 1. The summed E-state index contributed by atoms with van der Waals surface area (Å²) >= 11 is 0. The van der Waals surface area contributed by atoms with E-state index in [1.807, 2.05) is 18.2 Å². The highest BCUT2D eigenvalue weighted by Crippen LogP contribution is 2.39. The van der Waals surface area contributed by atoms with Crippen molar-refractivity contribution in [3.05, 3.63) is 23.8 Å². The number of benzene rings is 1. The zero-order valence-corrected chi connectivity index (χ0v) is 9.41. The van der Waals surface area contributed by atoms with Gasteiger partial charge in [0.2, 0.25) is 0 Å². The average Bonchev–Trinajstić information content (AvgIpc) is 2.14. The average molecular weight is 207 g/mol. The molecule has 0 aromatic heterocycles. The van der Waals surface area contributed by atoms with E-state index >= 15 is 0 Å². The number of ether oxygens (including phenoxy) is 2. The van der Waals surface area contributed by atoms with E-state index < -0.39 is 0 Å². The predicted octanol–water partition coefficient (Wildman–Crippen LogP) is 2.26. The van der Waals surface area contributed by atoms with Gasteiger partial charge in [-0.15, -0.1) is 0 Å². The van der Waals surface area contributed by atoms with Gasteiger partial charge in [0.1, 0.15) is 17.1 Å². The zero-order chi connectivity index (χ0) is 11.1. The van der Waals surface area contributed by atoms with Crippen LogP contribution in [-0.4, -0.2) is 12.7 Å². The molecule has 0 fully saturated rings. The molecule has 0 saturated heterocycles. The molecular formula is C12H17NO2. The highest BCUT2D eigenvalue weighted by Gasteiger charge is 2.31. The first kappa shape index (κ1) is 10.3. The largest absolute Gasteiger partial charge is 0.497 e. The Labute approximate surface area is 90.2 Å². The van der Waals surface area contributed by atoms with Gasteiger partial charge in [-0.3, -0.25) is 0 Å². The van der Waals surface area contributed by atoms with Crippen LogP contribution in [0.1, 0.15) is 31.9 Å². The molecule has 0 aliphatic carbocycles. The molecule has 2 N–H and O–H groups in total. The lowest BCUT2D eigenvalue weighted by Crippen LogP contribution is -2.37. The first-order chi connectivity index (χ1) is 7.02. The Morgan fingerprint density at radius 1 is 1.47 bits per heavy atom. The van der Waals surface area contributed by atoms with E-state index in [-0.39, 0.29) is 11.6 Å². The third-order valence-electron chi connectivity index (χ3n) is 2.72. The monoisotopic (exact) mass is 207 g/mol. The van der Waals surface area contributed by atoms with Crippen molar-refractivity contribution < 1.29 is 9.47 Å². The molecule has 2 rings (SSSR count). The van der Waals surface area contributed by atoms with Crippen LogP contribution in [-0.2, 0) is 0 Å². The molecule has 0 amide bonds. The van der Waals surface area contributed by atoms with Crippen molar-refractivity contribution >= 4 is 0 Å². The summed E-state index contributed by atoms with van der Waals surface area (Å²) in [6, 6.07) is 5.85. The van der Waals surface area contributed by atoms with Crippen molar-refractivity contribution in [3.63, 3.8) is 0 Å². The summed E-state index contributed by atoms with van der Waals surface area (Å²) in [7, 11) is 1.65. The second kappa shape index (κ2) is 3.42. The van der Waals surface area contributed by atoms with Gasteiger partial charge in [0.05, 0.1) is 7.11 Å². The third kappa shape index (κ3) is 1.92. The second-order valence-corrected chi connectivity index (χ2v) is 4.58. The van der Waals surface area contributed by atoms with Gasteiger partial charge in [-0.1, -0.05) is 6.07 Å². The van der Waals surface area contributed by atoms with E-state index in [2.05, 4.69) is 13.8 Å². The van der Waals surface area contributed by atoms with Crippen molar-refractivity contribution in [2.24, 2.45) is 5.73 Å². The minimum atomic E-state index is -0.196. The van der Waals surface area contributed by atoms with Gasteiger partial charge in [-0.2, -0.15) is 0 Å².